The van der Waals surface area contributed by atoms with Gasteiger partial charge in [0.25, 0.3) is 10.1 Å². The van der Waals surface area contributed by atoms with Gasteiger partial charge >= 0.3 is 0 Å². The van der Waals surface area contributed by atoms with Gasteiger partial charge in [-0.2, -0.15) is 8.42 Å². The van der Waals surface area contributed by atoms with Gasteiger partial charge in [-0.1, -0.05) is 70.4 Å². The first-order valence-corrected chi connectivity index (χ1v) is 10.4. The summed E-state index contributed by atoms with van der Waals surface area (Å²) in [5, 5.41) is 0. The first-order valence-electron chi connectivity index (χ1n) is 9.02. The molecule has 1 aromatic rings. The summed E-state index contributed by atoms with van der Waals surface area (Å²) in [6, 6.07) is 6.73. The van der Waals surface area contributed by atoms with Crippen molar-refractivity contribution >= 4 is 16.4 Å². The van der Waals surface area contributed by atoms with Crippen molar-refractivity contribution in [2.75, 3.05) is 6.61 Å². The van der Waals surface area contributed by atoms with E-state index in [1.165, 1.54) is 51.4 Å². The van der Waals surface area contributed by atoms with Crippen molar-refractivity contribution in [2.24, 2.45) is 0 Å². The van der Waals surface area contributed by atoms with Crippen LogP contribution >= 0.6 is 0 Å². The second-order valence-electron chi connectivity index (χ2n) is 6.13. The molecule has 0 saturated carbocycles. The minimum atomic E-state index is -3.81. The molecule has 1 aromatic carbocycles. The highest BCUT2D eigenvalue weighted by molar-refractivity contribution is 7.86. The molecule has 0 radical (unpaired) electrons. The van der Waals surface area contributed by atoms with E-state index < -0.39 is 16.7 Å². The van der Waals surface area contributed by atoms with Crippen LogP contribution in [-0.2, 0) is 25.5 Å². The fraction of sp³-hybridized carbons (Fsp3) is 0.632. The van der Waals surface area contributed by atoms with E-state index >= 15 is 0 Å². The molecule has 0 amide bonds. The van der Waals surface area contributed by atoms with Crippen molar-refractivity contribution in [1.29, 1.82) is 0 Å². The lowest BCUT2D eigenvalue weighted by molar-refractivity contribution is -0.109. The second kappa shape index (κ2) is 12.2. The fourth-order valence-corrected chi connectivity index (χ4v) is 3.49. The number of carbonyl (C=O) groups is 1. The molecule has 1 rings (SSSR count). The third kappa shape index (κ3) is 8.60. The summed E-state index contributed by atoms with van der Waals surface area (Å²) in [5.41, 5.74) is 1.13. The zero-order chi connectivity index (χ0) is 17.7. The van der Waals surface area contributed by atoms with Gasteiger partial charge in [-0.05, 0) is 30.5 Å². The van der Waals surface area contributed by atoms with Crippen LogP contribution in [0.3, 0.4) is 0 Å². The van der Waals surface area contributed by atoms with Gasteiger partial charge in [0.15, 0.2) is 0 Å². The Morgan fingerprint density at radius 3 is 1.96 bits per heavy atom. The summed E-state index contributed by atoms with van der Waals surface area (Å²) in [7, 11) is -3.81. The Kier molecular flexibility index (Phi) is 10.6. The highest BCUT2D eigenvalue weighted by atomic mass is 32.2. The lowest BCUT2D eigenvalue weighted by Gasteiger charge is -2.05. The monoisotopic (exact) mass is 354 g/mol. The van der Waals surface area contributed by atoms with Crippen LogP contribution in [0, 0.1) is 0 Å². The average molecular weight is 355 g/mol. The summed E-state index contributed by atoms with van der Waals surface area (Å²) >= 11 is 0. The number of carbonyl (C=O) groups excluding carboxylic acids is 1. The first kappa shape index (κ1) is 20.8. The van der Waals surface area contributed by atoms with Gasteiger partial charge in [-0.3, -0.25) is 4.18 Å². The van der Waals surface area contributed by atoms with Crippen LogP contribution in [0.25, 0.3) is 0 Å². The molecule has 5 heteroatoms. The van der Waals surface area contributed by atoms with Crippen LogP contribution in [0.5, 0.6) is 0 Å². The Morgan fingerprint density at radius 2 is 1.42 bits per heavy atom. The Bertz CT molecular complexity index is 549. The van der Waals surface area contributed by atoms with Crippen LogP contribution in [-0.4, -0.2) is 21.3 Å². The SMILES string of the molecule is CCCCCCCCCCCc1ccc(S(=O)(=O)OCC=O)cc1. The van der Waals surface area contributed by atoms with E-state index in [0.29, 0.717) is 6.29 Å². The normalized spacial score (nSPS) is 11.5. The van der Waals surface area contributed by atoms with Gasteiger partial charge < -0.3 is 4.79 Å². The topological polar surface area (TPSA) is 60.4 Å². The maximum absolute atomic E-state index is 11.7. The molecule has 0 aliphatic heterocycles. The summed E-state index contributed by atoms with van der Waals surface area (Å²) in [5.74, 6) is 0. The van der Waals surface area contributed by atoms with Crippen molar-refractivity contribution < 1.29 is 17.4 Å². The number of aldehydes is 1. The summed E-state index contributed by atoms with van der Waals surface area (Å²) in [4.78, 5) is 10.3. The molecule has 0 bridgehead atoms. The van der Waals surface area contributed by atoms with Crippen LogP contribution in [0.15, 0.2) is 29.2 Å². The molecule has 0 aliphatic carbocycles. The number of aryl methyl sites for hydroxylation is 1. The van der Waals surface area contributed by atoms with E-state index in [4.69, 9.17) is 0 Å². The number of benzene rings is 1. The van der Waals surface area contributed by atoms with Gasteiger partial charge in [0, 0.05) is 0 Å². The quantitative estimate of drug-likeness (QED) is 0.277. The predicted molar refractivity (Wildman–Crippen MR) is 96.6 cm³/mol. The number of unbranched alkanes of at least 4 members (excludes halogenated alkanes) is 8. The van der Waals surface area contributed by atoms with E-state index in [1.807, 2.05) is 12.1 Å². The molecule has 0 atom stereocenters. The maximum atomic E-state index is 11.7. The van der Waals surface area contributed by atoms with Crippen LogP contribution in [0.1, 0.15) is 70.3 Å². The lowest BCUT2D eigenvalue weighted by Crippen LogP contribution is -2.08. The molecule has 0 heterocycles. The van der Waals surface area contributed by atoms with Crippen molar-refractivity contribution in [3.05, 3.63) is 29.8 Å². The minimum absolute atomic E-state index is 0.0974. The van der Waals surface area contributed by atoms with Gasteiger partial charge in [-0.15, -0.1) is 0 Å². The van der Waals surface area contributed by atoms with Gasteiger partial charge in [-0.25, -0.2) is 0 Å². The third-order valence-electron chi connectivity index (χ3n) is 4.07. The molecule has 0 spiro atoms. The summed E-state index contributed by atoms with van der Waals surface area (Å²) in [6.07, 6.45) is 13.0. The molecular formula is C19H30O4S. The maximum Gasteiger partial charge on any atom is 0.297 e. The third-order valence-corrected chi connectivity index (χ3v) is 5.37. The van der Waals surface area contributed by atoms with Crippen molar-refractivity contribution in [2.45, 2.75) is 76.0 Å². The molecule has 0 saturated heterocycles. The van der Waals surface area contributed by atoms with E-state index in [-0.39, 0.29) is 4.90 Å². The molecule has 0 fully saturated rings. The average Bonchev–Trinajstić information content (AvgIpc) is 2.59. The highest BCUT2D eigenvalue weighted by Gasteiger charge is 2.14. The number of hydrogen-bond donors (Lipinski definition) is 0. The molecule has 136 valence electrons. The molecule has 4 nitrogen and oxygen atoms in total. The summed E-state index contributed by atoms with van der Waals surface area (Å²) < 4.78 is 28.1. The molecule has 0 N–H and O–H groups in total. The predicted octanol–water partition coefficient (Wildman–Crippen LogP) is 4.66. The standard InChI is InChI=1S/C19H30O4S/c1-2-3-4-5-6-7-8-9-10-11-18-12-14-19(15-13-18)24(21,22)23-17-16-20/h12-16H,2-11,17H2,1H3. The van der Waals surface area contributed by atoms with Crippen molar-refractivity contribution in [3.8, 4) is 0 Å². The molecule has 0 aromatic heterocycles. The van der Waals surface area contributed by atoms with Crippen molar-refractivity contribution in [3.63, 3.8) is 0 Å². The Hall–Kier alpha value is -1.20. The second-order valence-corrected chi connectivity index (χ2v) is 7.74. The molecular weight excluding hydrogens is 324 g/mol. The van der Waals surface area contributed by atoms with Crippen LogP contribution in [0.4, 0.5) is 0 Å². The van der Waals surface area contributed by atoms with Gasteiger partial charge in [0.05, 0.1) is 4.90 Å². The first-order chi connectivity index (χ1) is 11.6. The van der Waals surface area contributed by atoms with Gasteiger partial charge in [0.2, 0.25) is 0 Å². The van der Waals surface area contributed by atoms with E-state index in [9.17, 15) is 13.2 Å². The Labute approximate surface area is 146 Å². The number of rotatable bonds is 14. The highest BCUT2D eigenvalue weighted by Crippen LogP contribution is 2.16. The van der Waals surface area contributed by atoms with Gasteiger partial charge in [0.1, 0.15) is 12.9 Å². The van der Waals surface area contributed by atoms with E-state index in [2.05, 4.69) is 11.1 Å². The van der Waals surface area contributed by atoms with Crippen LogP contribution in [0.2, 0.25) is 0 Å². The fourth-order valence-electron chi connectivity index (χ4n) is 2.65. The lowest BCUT2D eigenvalue weighted by atomic mass is 10.0. The van der Waals surface area contributed by atoms with E-state index in [1.54, 1.807) is 12.1 Å². The molecule has 24 heavy (non-hydrogen) atoms. The summed E-state index contributed by atoms with van der Waals surface area (Å²) in [6.45, 7) is 1.79. The zero-order valence-electron chi connectivity index (χ0n) is 14.7. The largest absolute Gasteiger partial charge is 0.301 e. The smallest absolute Gasteiger partial charge is 0.297 e. The molecule has 0 unspecified atom stereocenters. The van der Waals surface area contributed by atoms with Crippen LogP contribution < -0.4 is 0 Å². The zero-order valence-corrected chi connectivity index (χ0v) is 15.5. The van der Waals surface area contributed by atoms with Crippen molar-refractivity contribution in [1.82, 2.24) is 0 Å². The molecule has 0 aliphatic rings. The minimum Gasteiger partial charge on any atom is -0.301 e. The Morgan fingerprint density at radius 1 is 0.875 bits per heavy atom. The van der Waals surface area contributed by atoms with E-state index in [0.717, 1.165) is 18.4 Å². The Balaban J connectivity index is 2.22. The number of hydrogen-bond acceptors (Lipinski definition) is 4.